The van der Waals surface area contributed by atoms with Crippen molar-refractivity contribution in [2.75, 3.05) is 25.0 Å². The minimum Gasteiger partial charge on any atom is -0.487 e. The van der Waals surface area contributed by atoms with Gasteiger partial charge in [-0.1, -0.05) is 18.2 Å². The monoisotopic (exact) mass is 448 g/mol. The average molecular weight is 449 g/mol. The quantitative estimate of drug-likeness (QED) is 0.699. The maximum atomic E-state index is 12.7. The number of nitrogens with zero attached hydrogens (tertiary/aromatic N) is 1. The summed E-state index contributed by atoms with van der Waals surface area (Å²) < 4.78 is 13.1. The largest absolute Gasteiger partial charge is 0.487 e. The Morgan fingerprint density at radius 1 is 1.12 bits per heavy atom. The molecule has 5 rings (SSSR count). The molecule has 4 atom stereocenters. The molecule has 3 aliphatic heterocycles. The van der Waals surface area contributed by atoms with Gasteiger partial charge in [-0.15, -0.1) is 0 Å². The number of ketones is 1. The van der Waals surface area contributed by atoms with E-state index in [1.54, 1.807) is 24.3 Å². The van der Waals surface area contributed by atoms with Crippen molar-refractivity contribution in [2.24, 2.45) is 11.8 Å². The van der Waals surface area contributed by atoms with E-state index in [2.05, 4.69) is 36.2 Å². The Kier molecular flexibility index (Phi) is 5.75. The number of ether oxygens (including phenoxy) is 2. The summed E-state index contributed by atoms with van der Waals surface area (Å²) in [5.74, 6) is 1.59. The van der Waals surface area contributed by atoms with Gasteiger partial charge in [-0.25, -0.2) is 0 Å². The number of benzene rings is 2. The molecule has 1 amide bonds. The molecule has 174 valence electrons. The molecule has 0 saturated carbocycles. The van der Waals surface area contributed by atoms with Crippen LogP contribution in [0.3, 0.4) is 0 Å². The number of hydrogen-bond donors (Lipinski definition) is 1. The van der Waals surface area contributed by atoms with Gasteiger partial charge in [-0.3, -0.25) is 14.5 Å². The molecule has 0 unspecified atom stereocenters. The summed E-state index contributed by atoms with van der Waals surface area (Å²) in [5.41, 5.74) is 2.22. The zero-order chi connectivity index (χ0) is 23.2. The van der Waals surface area contributed by atoms with Crippen LogP contribution in [0.5, 0.6) is 5.75 Å². The standard InChI is InChI=1S/C27H32N2O4/c1-17(30)18-8-10-20(11-9-18)28-25(31)16-29-13-12-23-19(15-29)14-22-26(32-23)21-6-4-5-7-24(21)33-27(22,2)3/h4-11,19,22-23,26H,12-16H2,1-3H3,(H,28,31)/t19-,22-,23-,26+/m0/s1. The summed E-state index contributed by atoms with van der Waals surface area (Å²) in [6.07, 6.45) is 2.24. The lowest BCUT2D eigenvalue weighted by Gasteiger charge is -2.53. The van der Waals surface area contributed by atoms with Gasteiger partial charge < -0.3 is 14.8 Å². The highest BCUT2D eigenvalue weighted by atomic mass is 16.5. The van der Waals surface area contributed by atoms with Crippen LogP contribution in [0, 0.1) is 11.8 Å². The average Bonchev–Trinajstić information content (AvgIpc) is 2.78. The van der Waals surface area contributed by atoms with Crippen molar-refractivity contribution in [2.45, 2.75) is 51.4 Å². The van der Waals surface area contributed by atoms with E-state index >= 15 is 0 Å². The molecule has 2 fully saturated rings. The third-order valence-corrected chi connectivity index (χ3v) is 7.43. The fraction of sp³-hybridized carbons (Fsp3) is 0.481. The predicted molar refractivity (Wildman–Crippen MR) is 126 cm³/mol. The van der Waals surface area contributed by atoms with Gasteiger partial charge in [-0.2, -0.15) is 0 Å². The number of piperidine rings is 1. The number of carbonyl (C=O) groups is 2. The number of likely N-dealkylation sites (tertiary alicyclic amines) is 1. The van der Waals surface area contributed by atoms with Crippen LogP contribution < -0.4 is 10.1 Å². The predicted octanol–water partition coefficient (Wildman–Crippen LogP) is 4.47. The maximum absolute atomic E-state index is 12.7. The van der Waals surface area contributed by atoms with Crippen molar-refractivity contribution in [3.8, 4) is 5.75 Å². The molecule has 2 saturated heterocycles. The number of rotatable bonds is 4. The Labute approximate surface area is 195 Å². The molecule has 6 nitrogen and oxygen atoms in total. The van der Waals surface area contributed by atoms with E-state index in [1.807, 2.05) is 12.1 Å². The minimum atomic E-state index is -0.296. The zero-order valence-corrected chi connectivity index (χ0v) is 19.5. The molecular formula is C27H32N2O4. The van der Waals surface area contributed by atoms with Gasteiger partial charge in [0, 0.05) is 35.8 Å². The number of carbonyl (C=O) groups excluding carboxylic acids is 2. The fourth-order valence-corrected chi connectivity index (χ4v) is 5.67. The Morgan fingerprint density at radius 3 is 2.64 bits per heavy atom. The lowest BCUT2D eigenvalue weighted by atomic mass is 9.70. The molecule has 2 aromatic carbocycles. The molecule has 2 aromatic rings. The molecule has 0 radical (unpaired) electrons. The van der Waals surface area contributed by atoms with E-state index in [0.717, 1.165) is 37.2 Å². The Morgan fingerprint density at radius 2 is 1.88 bits per heavy atom. The van der Waals surface area contributed by atoms with Gasteiger partial charge in [-0.05, 0) is 69.9 Å². The zero-order valence-electron chi connectivity index (χ0n) is 19.5. The number of para-hydroxylation sites is 1. The fourth-order valence-electron chi connectivity index (χ4n) is 5.67. The van der Waals surface area contributed by atoms with Crippen molar-refractivity contribution >= 4 is 17.4 Å². The second-order valence-electron chi connectivity index (χ2n) is 10.1. The summed E-state index contributed by atoms with van der Waals surface area (Å²) in [5, 5.41) is 2.95. The third-order valence-electron chi connectivity index (χ3n) is 7.43. The number of amides is 1. The highest BCUT2D eigenvalue weighted by Crippen LogP contribution is 2.52. The van der Waals surface area contributed by atoms with E-state index in [9.17, 15) is 9.59 Å². The van der Waals surface area contributed by atoms with Gasteiger partial charge in [0.05, 0.1) is 18.8 Å². The molecule has 0 spiro atoms. The van der Waals surface area contributed by atoms with E-state index in [1.165, 1.54) is 6.92 Å². The molecule has 0 aromatic heterocycles. The number of nitrogens with one attached hydrogen (secondary N) is 1. The minimum absolute atomic E-state index is 0.0164. The van der Waals surface area contributed by atoms with Gasteiger partial charge in [0.15, 0.2) is 5.78 Å². The van der Waals surface area contributed by atoms with Crippen LogP contribution in [0.15, 0.2) is 48.5 Å². The van der Waals surface area contributed by atoms with E-state index in [-0.39, 0.29) is 35.4 Å². The highest BCUT2D eigenvalue weighted by Gasteiger charge is 2.51. The number of hydrogen-bond acceptors (Lipinski definition) is 5. The third kappa shape index (κ3) is 4.42. The first-order valence-corrected chi connectivity index (χ1v) is 11.9. The van der Waals surface area contributed by atoms with Gasteiger partial charge in [0.25, 0.3) is 0 Å². The Bertz CT molecular complexity index is 1050. The molecule has 3 heterocycles. The van der Waals surface area contributed by atoms with Crippen LogP contribution in [0.25, 0.3) is 0 Å². The smallest absolute Gasteiger partial charge is 0.238 e. The molecule has 6 heteroatoms. The van der Waals surface area contributed by atoms with Crippen LogP contribution >= 0.6 is 0 Å². The van der Waals surface area contributed by atoms with Crippen LogP contribution in [0.1, 0.15) is 55.6 Å². The number of Topliss-reactive ketones (excluding diaryl/α,β-unsaturated/α-hetero) is 1. The summed E-state index contributed by atoms with van der Waals surface area (Å²) >= 11 is 0. The number of anilines is 1. The van der Waals surface area contributed by atoms with Crippen molar-refractivity contribution in [3.05, 3.63) is 59.7 Å². The van der Waals surface area contributed by atoms with Crippen molar-refractivity contribution in [1.82, 2.24) is 4.90 Å². The Balaban J connectivity index is 1.22. The highest BCUT2D eigenvalue weighted by molar-refractivity contribution is 5.96. The molecule has 33 heavy (non-hydrogen) atoms. The van der Waals surface area contributed by atoms with Crippen LogP contribution in [0.4, 0.5) is 5.69 Å². The van der Waals surface area contributed by atoms with Gasteiger partial charge in [0.2, 0.25) is 5.91 Å². The van der Waals surface area contributed by atoms with Crippen molar-refractivity contribution < 1.29 is 19.1 Å². The lowest BCUT2D eigenvalue weighted by Crippen LogP contribution is -2.55. The maximum Gasteiger partial charge on any atom is 0.238 e. The number of fused-ring (bicyclic) bond motifs is 4. The van der Waals surface area contributed by atoms with Crippen LogP contribution in [-0.2, 0) is 9.53 Å². The summed E-state index contributed by atoms with van der Waals surface area (Å²) in [6, 6.07) is 15.3. The van der Waals surface area contributed by atoms with Crippen molar-refractivity contribution in [3.63, 3.8) is 0 Å². The van der Waals surface area contributed by atoms with E-state index in [4.69, 9.17) is 9.47 Å². The molecular weight excluding hydrogens is 416 g/mol. The van der Waals surface area contributed by atoms with Gasteiger partial charge >= 0.3 is 0 Å². The first-order chi connectivity index (χ1) is 15.8. The first kappa shape index (κ1) is 22.1. The second kappa shape index (κ2) is 8.58. The molecule has 1 N–H and O–H groups in total. The van der Waals surface area contributed by atoms with Gasteiger partial charge in [0.1, 0.15) is 11.4 Å². The molecule has 0 bridgehead atoms. The summed E-state index contributed by atoms with van der Waals surface area (Å²) in [4.78, 5) is 26.3. The van der Waals surface area contributed by atoms with Crippen LogP contribution in [-0.4, -0.2) is 47.9 Å². The summed E-state index contributed by atoms with van der Waals surface area (Å²) in [7, 11) is 0. The Hall–Kier alpha value is -2.70. The normalized spacial score (nSPS) is 28.0. The van der Waals surface area contributed by atoms with Crippen LogP contribution in [0.2, 0.25) is 0 Å². The van der Waals surface area contributed by atoms with E-state index in [0.29, 0.717) is 23.7 Å². The first-order valence-electron chi connectivity index (χ1n) is 11.9. The van der Waals surface area contributed by atoms with E-state index < -0.39 is 0 Å². The molecule has 0 aliphatic carbocycles. The van der Waals surface area contributed by atoms with Crippen molar-refractivity contribution in [1.29, 1.82) is 0 Å². The SMILES string of the molecule is CC(=O)c1ccc(NC(=O)CN2CC[C@@H]3O[C@@H]4c5ccccc5OC(C)(C)[C@H]4C[C@H]3C2)cc1. The molecule has 3 aliphatic rings. The lowest BCUT2D eigenvalue weighted by molar-refractivity contribution is -0.187. The topological polar surface area (TPSA) is 67.9 Å². The summed E-state index contributed by atoms with van der Waals surface area (Å²) in [6.45, 7) is 7.91. The second-order valence-corrected chi connectivity index (χ2v) is 10.1.